The fourth-order valence-electron chi connectivity index (χ4n) is 1.47. The lowest BCUT2D eigenvalue weighted by Crippen LogP contribution is -2.27. The number of thiazole rings is 1. The highest BCUT2D eigenvalue weighted by Crippen LogP contribution is 2.20. The molecule has 2 rings (SSSR count). The molecule has 0 aliphatic rings. The van der Waals surface area contributed by atoms with E-state index in [-0.39, 0.29) is 16.8 Å². The van der Waals surface area contributed by atoms with E-state index in [2.05, 4.69) is 14.7 Å². The molecule has 3 N–H and O–H groups in total. The normalized spacial score (nSPS) is 13.4. The van der Waals surface area contributed by atoms with Gasteiger partial charge < -0.3 is 5.73 Å². The van der Waals surface area contributed by atoms with Crippen LogP contribution in [0.5, 0.6) is 0 Å². The van der Waals surface area contributed by atoms with Crippen LogP contribution in [0.2, 0.25) is 0 Å². The molecule has 2 aromatic heterocycles. The molecular formula is C11H14N4O2S2. The quantitative estimate of drug-likeness (QED) is 0.890. The third kappa shape index (κ3) is 3.28. The largest absolute Gasteiger partial charge is 0.384 e. The van der Waals surface area contributed by atoms with E-state index in [1.54, 1.807) is 6.92 Å². The molecule has 0 saturated carbocycles. The maximum absolute atomic E-state index is 12.1. The van der Waals surface area contributed by atoms with Crippen molar-refractivity contribution in [3.05, 3.63) is 34.4 Å². The van der Waals surface area contributed by atoms with E-state index in [9.17, 15) is 8.42 Å². The monoisotopic (exact) mass is 298 g/mol. The summed E-state index contributed by atoms with van der Waals surface area (Å²) in [7, 11) is -3.62. The molecular weight excluding hydrogens is 284 g/mol. The number of hydrogen-bond donors (Lipinski definition) is 2. The summed E-state index contributed by atoms with van der Waals surface area (Å²) in [5, 5.41) is 2.61. The highest BCUT2D eigenvalue weighted by atomic mass is 32.2. The lowest BCUT2D eigenvalue weighted by atomic mass is 10.4. The predicted molar refractivity (Wildman–Crippen MR) is 74.2 cm³/mol. The van der Waals surface area contributed by atoms with Crippen LogP contribution < -0.4 is 10.5 Å². The minimum absolute atomic E-state index is 0.0850. The fourth-order valence-corrected chi connectivity index (χ4v) is 3.50. The molecule has 102 valence electrons. The lowest BCUT2D eigenvalue weighted by molar-refractivity contribution is 0.566. The molecule has 0 fully saturated rings. The zero-order chi connectivity index (χ0) is 14.0. The van der Waals surface area contributed by atoms with Gasteiger partial charge in [0.25, 0.3) is 0 Å². The smallest absolute Gasteiger partial charge is 0.242 e. The summed E-state index contributed by atoms with van der Waals surface area (Å²) in [6.45, 7) is 3.62. The van der Waals surface area contributed by atoms with E-state index in [1.807, 2.05) is 12.3 Å². The first kappa shape index (κ1) is 13.9. The first-order valence-corrected chi connectivity index (χ1v) is 7.90. The standard InChI is InChI=1S/C11H14N4O2S2/c1-7-6-18-11(14-7)8(2)15-19(16,17)9-3-4-10(12)13-5-9/h3-6,8,15H,1-2H3,(H2,12,13). The SMILES string of the molecule is Cc1csc(C(C)NS(=O)(=O)c2ccc(N)nc2)n1. The van der Waals surface area contributed by atoms with Crippen LogP contribution in [-0.4, -0.2) is 18.4 Å². The van der Waals surface area contributed by atoms with Gasteiger partial charge in [0.2, 0.25) is 10.0 Å². The van der Waals surface area contributed by atoms with Gasteiger partial charge in [-0.05, 0) is 26.0 Å². The van der Waals surface area contributed by atoms with Gasteiger partial charge in [-0.2, -0.15) is 0 Å². The van der Waals surface area contributed by atoms with E-state index in [0.29, 0.717) is 0 Å². The van der Waals surface area contributed by atoms with Gasteiger partial charge in [0.05, 0.1) is 6.04 Å². The summed E-state index contributed by atoms with van der Waals surface area (Å²) in [5.41, 5.74) is 6.31. The Morgan fingerprint density at radius 3 is 2.68 bits per heavy atom. The zero-order valence-corrected chi connectivity index (χ0v) is 12.1. The number of anilines is 1. The average Bonchev–Trinajstić information content (AvgIpc) is 2.76. The second-order valence-electron chi connectivity index (χ2n) is 4.09. The van der Waals surface area contributed by atoms with E-state index in [1.165, 1.54) is 29.7 Å². The third-order valence-electron chi connectivity index (χ3n) is 2.41. The second-order valence-corrected chi connectivity index (χ2v) is 6.69. The number of hydrogen-bond acceptors (Lipinski definition) is 6. The summed E-state index contributed by atoms with van der Waals surface area (Å²) in [4.78, 5) is 8.12. The Morgan fingerprint density at radius 1 is 1.42 bits per heavy atom. The first-order chi connectivity index (χ1) is 8.88. The summed E-state index contributed by atoms with van der Waals surface area (Å²) >= 11 is 1.42. The van der Waals surface area contributed by atoms with Crippen LogP contribution in [0.15, 0.2) is 28.6 Å². The molecule has 1 atom stereocenters. The summed E-state index contributed by atoms with van der Waals surface area (Å²) in [6, 6.07) is 2.48. The van der Waals surface area contributed by atoms with Crippen molar-refractivity contribution in [2.24, 2.45) is 0 Å². The van der Waals surface area contributed by atoms with Crippen LogP contribution in [-0.2, 0) is 10.0 Å². The van der Waals surface area contributed by atoms with Crippen LogP contribution >= 0.6 is 11.3 Å². The molecule has 0 spiro atoms. The van der Waals surface area contributed by atoms with Gasteiger partial charge in [0.15, 0.2) is 0 Å². The maximum atomic E-state index is 12.1. The van der Waals surface area contributed by atoms with E-state index >= 15 is 0 Å². The Balaban J connectivity index is 2.19. The minimum atomic E-state index is -3.62. The molecule has 8 heteroatoms. The number of pyridine rings is 1. The molecule has 6 nitrogen and oxygen atoms in total. The van der Waals surface area contributed by atoms with Crippen molar-refractivity contribution < 1.29 is 8.42 Å². The third-order valence-corrected chi connectivity index (χ3v) is 5.08. The van der Waals surface area contributed by atoms with Crippen LogP contribution in [0.25, 0.3) is 0 Å². The number of aryl methyl sites for hydroxylation is 1. The van der Waals surface area contributed by atoms with Gasteiger partial charge in [-0.1, -0.05) is 0 Å². The topological polar surface area (TPSA) is 98.0 Å². The van der Waals surface area contributed by atoms with E-state index in [4.69, 9.17) is 5.73 Å². The van der Waals surface area contributed by atoms with E-state index in [0.717, 1.165) is 10.7 Å². The molecule has 1 unspecified atom stereocenters. The number of nitrogens with two attached hydrogens (primary N) is 1. The van der Waals surface area contributed by atoms with Gasteiger partial charge in [-0.15, -0.1) is 11.3 Å². The van der Waals surface area contributed by atoms with Gasteiger partial charge >= 0.3 is 0 Å². The molecule has 0 aliphatic carbocycles. The molecule has 0 bridgehead atoms. The van der Waals surface area contributed by atoms with Gasteiger partial charge in [0.1, 0.15) is 15.7 Å². The van der Waals surface area contributed by atoms with Crippen molar-refractivity contribution >= 4 is 27.2 Å². The highest BCUT2D eigenvalue weighted by Gasteiger charge is 2.20. The van der Waals surface area contributed by atoms with Crippen molar-refractivity contribution in [2.45, 2.75) is 24.8 Å². The highest BCUT2D eigenvalue weighted by molar-refractivity contribution is 7.89. The van der Waals surface area contributed by atoms with Gasteiger partial charge in [-0.3, -0.25) is 0 Å². The summed E-state index contributed by atoms with van der Waals surface area (Å²) < 4.78 is 26.8. The van der Waals surface area contributed by atoms with Crippen molar-refractivity contribution in [3.63, 3.8) is 0 Å². The molecule has 2 heterocycles. The number of nitrogen functional groups attached to an aromatic ring is 1. The minimum Gasteiger partial charge on any atom is -0.384 e. The number of sulfonamides is 1. The van der Waals surface area contributed by atoms with Crippen LogP contribution in [0.1, 0.15) is 23.7 Å². The average molecular weight is 298 g/mol. The number of nitrogens with zero attached hydrogens (tertiary/aromatic N) is 2. The number of rotatable bonds is 4. The van der Waals surface area contributed by atoms with E-state index < -0.39 is 10.0 Å². The van der Waals surface area contributed by atoms with Crippen LogP contribution in [0.3, 0.4) is 0 Å². The maximum Gasteiger partial charge on any atom is 0.242 e. The van der Waals surface area contributed by atoms with Crippen molar-refractivity contribution in [3.8, 4) is 0 Å². The Morgan fingerprint density at radius 2 is 2.16 bits per heavy atom. The molecule has 0 aliphatic heterocycles. The Labute approximate surface area is 115 Å². The fraction of sp³-hybridized carbons (Fsp3) is 0.273. The molecule has 0 aromatic carbocycles. The Hall–Kier alpha value is -1.51. The Kier molecular flexibility index (Phi) is 3.83. The van der Waals surface area contributed by atoms with Gasteiger partial charge in [0, 0.05) is 17.3 Å². The van der Waals surface area contributed by atoms with Crippen LogP contribution in [0.4, 0.5) is 5.82 Å². The number of aromatic nitrogens is 2. The van der Waals surface area contributed by atoms with Gasteiger partial charge in [-0.25, -0.2) is 23.1 Å². The van der Waals surface area contributed by atoms with Crippen molar-refractivity contribution in [1.29, 1.82) is 0 Å². The molecule has 19 heavy (non-hydrogen) atoms. The molecule has 0 amide bonds. The Bertz CT molecular complexity index is 664. The van der Waals surface area contributed by atoms with Crippen molar-refractivity contribution in [2.75, 3.05) is 5.73 Å². The lowest BCUT2D eigenvalue weighted by Gasteiger charge is -2.11. The molecule has 0 radical (unpaired) electrons. The second kappa shape index (κ2) is 5.24. The first-order valence-electron chi connectivity index (χ1n) is 5.54. The molecule has 0 saturated heterocycles. The predicted octanol–water partition coefficient (Wildman–Crippen LogP) is 1.47. The molecule has 2 aromatic rings. The summed E-state index contributed by atoms with van der Waals surface area (Å²) in [5.74, 6) is 0.280. The zero-order valence-electron chi connectivity index (χ0n) is 10.5. The number of nitrogens with one attached hydrogen (secondary N) is 1. The summed E-state index contributed by atoms with van der Waals surface area (Å²) in [6.07, 6.45) is 1.23. The van der Waals surface area contributed by atoms with Crippen LogP contribution in [0, 0.1) is 6.92 Å². The van der Waals surface area contributed by atoms with Crippen molar-refractivity contribution in [1.82, 2.24) is 14.7 Å².